The lowest BCUT2D eigenvalue weighted by molar-refractivity contribution is 0.0954. The van der Waals surface area contributed by atoms with Crippen LogP contribution in [-0.4, -0.2) is 27.7 Å². The lowest BCUT2D eigenvalue weighted by Crippen LogP contribution is -2.22. The van der Waals surface area contributed by atoms with Gasteiger partial charge in [-0.3, -0.25) is 9.59 Å². The van der Waals surface area contributed by atoms with Crippen molar-refractivity contribution >= 4 is 34.9 Å². The number of thioether (sulfide) groups is 1. The van der Waals surface area contributed by atoms with Crippen molar-refractivity contribution in [2.45, 2.75) is 17.6 Å². The number of nitrogens with one attached hydrogen (secondary N) is 2. The van der Waals surface area contributed by atoms with Crippen LogP contribution < -0.4 is 10.6 Å². The quantitative estimate of drug-likeness (QED) is 0.419. The van der Waals surface area contributed by atoms with E-state index in [0.29, 0.717) is 23.4 Å². The summed E-state index contributed by atoms with van der Waals surface area (Å²) < 4.78 is 2.00. The summed E-state index contributed by atoms with van der Waals surface area (Å²) in [5.74, 6) is 0.371. The molecule has 0 aliphatic heterocycles. The van der Waals surface area contributed by atoms with Crippen LogP contribution in [0.4, 0.5) is 5.69 Å². The molecule has 7 heteroatoms. The first-order valence-corrected chi connectivity index (χ1v) is 11.0. The normalized spacial score (nSPS) is 10.7. The standard InChI is InChI=1S/C24H22N4O2S/c1-2-25-23(29)18-6-5-7-19(14-18)27-24(30)17-9-11-21(12-10-17)31-16-20-15-28-13-4-3-8-22(28)26-20/h3-15H,2,16H2,1H3,(H,25,29)(H,27,30). The molecule has 0 saturated carbocycles. The number of hydrogen-bond donors (Lipinski definition) is 2. The molecule has 31 heavy (non-hydrogen) atoms. The van der Waals surface area contributed by atoms with E-state index in [1.165, 1.54) is 0 Å². The molecule has 2 N–H and O–H groups in total. The van der Waals surface area contributed by atoms with E-state index in [0.717, 1.165) is 22.0 Å². The number of aromatic nitrogens is 2. The van der Waals surface area contributed by atoms with Gasteiger partial charge in [-0.2, -0.15) is 0 Å². The predicted octanol–water partition coefficient (Wildman–Crippen LogP) is 4.63. The van der Waals surface area contributed by atoms with E-state index in [1.54, 1.807) is 48.2 Å². The molecule has 2 aromatic heterocycles. The van der Waals surface area contributed by atoms with Crippen molar-refractivity contribution < 1.29 is 9.59 Å². The van der Waals surface area contributed by atoms with Crippen molar-refractivity contribution in [2.75, 3.05) is 11.9 Å². The van der Waals surface area contributed by atoms with Crippen molar-refractivity contribution in [3.05, 3.63) is 95.9 Å². The molecule has 4 rings (SSSR count). The highest BCUT2D eigenvalue weighted by Gasteiger charge is 2.09. The molecular formula is C24H22N4O2S. The fourth-order valence-electron chi connectivity index (χ4n) is 3.12. The van der Waals surface area contributed by atoms with Crippen LogP contribution in [0.3, 0.4) is 0 Å². The number of pyridine rings is 1. The van der Waals surface area contributed by atoms with Gasteiger partial charge >= 0.3 is 0 Å². The SMILES string of the molecule is CCNC(=O)c1cccc(NC(=O)c2ccc(SCc3cn4ccccc4n3)cc2)c1. The number of nitrogens with zero attached hydrogens (tertiary/aromatic N) is 2. The largest absolute Gasteiger partial charge is 0.352 e. The molecule has 0 radical (unpaired) electrons. The average Bonchev–Trinajstić information content (AvgIpc) is 3.21. The molecule has 0 fully saturated rings. The Morgan fingerprint density at radius 1 is 0.968 bits per heavy atom. The third-order valence-corrected chi connectivity index (χ3v) is 5.68. The fourth-order valence-corrected chi connectivity index (χ4v) is 3.90. The number of carbonyl (C=O) groups is 2. The molecule has 156 valence electrons. The molecule has 0 saturated heterocycles. The van der Waals surface area contributed by atoms with Crippen LogP contribution in [0.1, 0.15) is 33.3 Å². The van der Waals surface area contributed by atoms with Crippen molar-refractivity contribution in [3.63, 3.8) is 0 Å². The van der Waals surface area contributed by atoms with Gasteiger partial charge in [-0.25, -0.2) is 4.98 Å². The predicted molar refractivity (Wildman–Crippen MR) is 124 cm³/mol. The maximum Gasteiger partial charge on any atom is 0.255 e. The Bertz CT molecular complexity index is 1180. The van der Waals surface area contributed by atoms with Gasteiger partial charge in [-0.05, 0) is 61.5 Å². The second kappa shape index (κ2) is 9.49. The summed E-state index contributed by atoms with van der Waals surface area (Å²) in [5, 5.41) is 5.60. The van der Waals surface area contributed by atoms with Gasteiger partial charge in [-0.1, -0.05) is 12.1 Å². The second-order valence-electron chi connectivity index (χ2n) is 6.91. The number of imidazole rings is 1. The van der Waals surface area contributed by atoms with Crippen molar-refractivity contribution in [1.82, 2.24) is 14.7 Å². The number of fused-ring (bicyclic) bond motifs is 1. The van der Waals surface area contributed by atoms with Crippen LogP contribution in [0.5, 0.6) is 0 Å². The van der Waals surface area contributed by atoms with Crippen molar-refractivity contribution in [3.8, 4) is 0 Å². The molecule has 0 aliphatic carbocycles. The third-order valence-electron chi connectivity index (χ3n) is 4.64. The number of amides is 2. The Hall–Kier alpha value is -3.58. The van der Waals surface area contributed by atoms with E-state index >= 15 is 0 Å². The Kier molecular flexibility index (Phi) is 6.33. The summed E-state index contributed by atoms with van der Waals surface area (Å²) >= 11 is 1.67. The van der Waals surface area contributed by atoms with Crippen molar-refractivity contribution in [2.24, 2.45) is 0 Å². The van der Waals surface area contributed by atoms with E-state index < -0.39 is 0 Å². The van der Waals surface area contributed by atoms with Crippen LogP contribution in [0.2, 0.25) is 0 Å². The maximum absolute atomic E-state index is 12.6. The molecule has 2 amide bonds. The van der Waals surface area contributed by atoms with Crippen LogP contribution in [0, 0.1) is 0 Å². The number of anilines is 1. The Labute approximate surface area is 184 Å². The van der Waals surface area contributed by atoms with E-state index in [4.69, 9.17) is 0 Å². The minimum Gasteiger partial charge on any atom is -0.352 e. The summed E-state index contributed by atoms with van der Waals surface area (Å²) in [5.41, 5.74) is 3.59. The first-order chi connectivity index (χ1) is 15.1. The van der Waals surface area contributed by atoms with Gasteiger partial charge in [0.2, 0.25) is 0 Å². The highest BCUT2D eigenvalue weighted by atomic mass is 32.2. The summed E-state index contributed by atoms with van der Waals surface area (Å²) in [7, 11) is 0. The minimum absolute atomic E-state index is 0.161. The Morgan fingerprint density at radius 2 is 1.81 bits per heavy atom. The van der Waals surface area contributed by atoms with Crippen LogP contribution in [0.25, 0.3) is 5.65 Å². The molecule has 4 aromatic rings. The molecular weight excluding hydrogens is 408 g/mol. The van der Waals surface area contributed by atoms with Gasteiger partial charge < -0.3 is 15.0 Å². The lowest BCUT2D eigenvalue weighted by atomic mass is 10.1. The zero-order chi connectivity index (χ0) is 21.6. The van der Waals surface area contributed by atoms with Crippen LogP contribution in [-0.2, 0) is 5.75 Å². The van der Waals surface area contributed by atoms with E-state index in [1.807, 2.05) is 54.0 Å². The van der Waals surface area contributed by atoms with E-state index in [-0.39, 0.29) is 11.8 Å². The summed E-state index contributed by atoms with van der Waals surface area (Å²) in [6, 6.07) is 20.3. The van der Waals surface area contributed by atoms with Crippen molar-refractivity contribution in [1.29, 1.82) is 0 Å². The average molecular weight is 431 g/mol. The van der Waals surface area contributed by atoms with Gasteiger partial charge in [0.05, 0.1) is 5.69 Å². The molecule has 0 unspecified atom stereocenters. The Morgan fingerprint density at radius 3 is 2.58 bits per heavy atom. The van der Waals surface area contributed by atoms with Crippen LogP contribution >= 0.6 is 11.8 Å². The summed E-state index contributed by atoms with van der Waals surface area (Å²) in [6.07, 6.45) is 4.01. The molecule has 0 spiro atoms. The topological polar surface area (TPSA) is 75.5 Å². The third kappa shape index (κ3) is 5.13. The van der Waals surface area contributed by atoms with Gasteiger partial charge in [0.25, 0.3) is 11.8 Å². The molecule has 6 nitrogen and oxygen atoms in total. The first-order valence-electron chi connectivity index (χ1n) is 9.97. The molecule has 2 heterocycles. The fraction of sp³-hybridized carbons (Fsp3) is 0.125. The monoisotopic (exact) mass is 430 g/mol. The highest BCUT2D eigenvalue weighted by molar-refractivity contribution is 7.98. The van der Waals surface area contributed by atoms with Gasteiger partial charge in [0.15, 0.2) is 0 Å². The number of benzene rings is 2. The zero-order valence-electron chi connectivity index (χ0n) is 17.0. The highest BCUT2D eigenvalue weighted by Crippen LogP contribution is 2.23. The van der Waals surface area contributed by atoms with Crippen LogP contribution in [0.15, 0.2) is 84.0 Å². The van der Waals surface area contributed by atoms with E-state index in [9.17, 15) is 9.59 Å². The first kappa shape index (κ1) is 20.7. The molecule has 2 aromatic carbocycles. The number of hydrogen-bond acceptors (Lipinski definition) is 4. The Balaban J connectivity index is 1.37. The number of carbonyl (C=O) groups excluding carboxylic acids is 2. The van der Waals surface area contributed by atoms with E-state index in [2.05, 4.69) is 15.6 Å². The van der Waals surface area contributed by atoms with Gasteiger partial charge in [-0.15, -0.1) is 11.8 Å². The zero-order valence-corrected chi connectivity index (χ0v) is 17.9. The van der Waals surface area contributed by atoms with Gasteiger partial charge in [0.1, 0.15) is 5.65 Å². The van der Waals surface area contributed by atoms with Gasteiger partial charge in [0, 0.05) is 46.4 Å². The minimum atomic E-state index is -0.218. The molecule has 0 bridgehead atoms. The number of rotatable bonds is 7. The summed E-state index contributed by atoms with van der Waals surface area (Å²) in [6.45, 7) is 2.42. The smallest absolute Gasteiger partial charge is 0.255 e. The molecule has 0 aliphatic rings. The maximum atomic E-state index is 12.6. The molecule has 0 atom stereocenters. The summed E-state index contributed by atoms with van der Waals surface area (Å²) in [4.78, 5) is 30.2. The second-order valence-corrected chi connectivity index (χ2v) is 7.95. The lowest BCUT2D eigenvalue weighted by Gasteiger charge is -2.08.